The van der Waals surface area contributed by atoms with Crippen LogP contribution in [0.5, 0.6) is 5.75 Å². The molecule has 3 aromatic carbocycles. The summed E-state index contributed by atoms with van der Waals surface area (Å²) in [6.45, 7) is 7.09. The SMILES string of the molecule is CCCCCc1cc(OCC)ccc1NN=C1C(c2ccccc2)=NC(C)C1c1ccccc1. The number of unbranched alkanes of at least 4 members (excludes halogenated alkanes) is 2. The fourth-order valence-corrected chi connectivity index (χ4v) is 4.59. The first-order valence-corrected chi connectivity index (χ1v) is 12.5. The zero-order valence-corrected chi connectivity index (χ0v) is 20.5. The second-order valence-electron chi connectivity index (χ2n) is 8.79. The molecule has 0 amide bonds. The van der Waals surface area contributed by atoms with E-state index in [0.29, 0.717) is 6.61 Å². The molecule has 1 aliphatic heterocycles. The van der Waals surface area contributed by atoms with Crippen LogP contribution in [0.25, 0.3) is 0 Å². The van der Waals surface area contributed by atoms with Gasteiger partial charge in [-0.2, -0.15) is 5.10 Å². The highest BCUT2D eigenvalue weighted by Gasteiger charge is 2.35. The third kappa shape index (κ3) is 5.56. The van der Waals surface area contributed by atoms with Gasteiger partial charge in [0, 0.05) is 5.56 Å². The maximum atomic E-state index is 5.77. The summed E-state index contributed by atoms with van der Waals surface area (Å²) in [4.78, 5) is 5.06. The van der Waals surface area contributed by atoms with Crippen LogP contribution in [0.2, 0.25) is 0 Å². The number of aliphatic imine (C=N–C) groups is 1. The van der Waals surface area contributed by atoms with Gasteiger partial charge in [0.2, 0.25) is 0 Å². The Morgan fingerprint density at radius 3 is 2.35 bits per heavy atom. The van der Waals surface area contributed by atoms with Gasteiger partial charge in [0.15, 0.2) is 0 Å². The maximum Gasteiger partial charge on any atom is 0.119 e. The molecule has 0 saturated heterocycles. The number of nitrogens with zero attached hydrogens (tertiary/aromatic N) is 2. The highest BCUT2D eigenvalue weighted by Crippen LogP contribution is 2.32. The highest BCUT2D eigenvalue weighted by molar-refractivity contribution is 6.51. The van der Waals surface area contributed by atoms with Crippen molar-refractivity contribution in [3.05, 3.63) is 95.6 Å². The fraction of sp³-hybridized carbons (Fsp3) is 0.333. The van der Waals surface area contributed by atoms with Crippen LogP contribution in [-0.4, -0.2) is 24.1 Å². The second-order valence-corrected chi connectivity index (χ2v) is 8.79. The van der Waals surface area contributed by atoms with Crippen LogP contribution in [-0.2, 0) is 6.42 Å². The van der Waals surface area contributed by atoms with Gasteiger partial charge in [-0.15, -0.1) is 0 Å². The van der Waals surface area contributed by atoms with Gasteiger partial charge in [0.1, 0.15) is 5.75 Å². The van der Waals surface area contributed by atoms with Gasteiger partial charge in [-0.25, -0.2) is 0 Å². The van der Waals surface area contributed by atoms with Crippen molar-refractivity contribution in [2.45, 2.75) is 58.4 Å². The molecule has 0 aliphatic carbocycles. The summed E-state index contributed by atoms with van der Waals surface area (Å²) < 4.78 is 5.77. The van der Waals surface area contributed by atoms with Crippen molar-refractivity contribution < 1.29 is 4.74 Å². The molecule has 0 saturated carbocycles. The first kappa shape index (κ1) is 23.7. The average Bonchev–Trinajstić information content (AvgIpc) is 3.21. The van der Waals surface area contributed by atoms with Crippen LogP contribution < -0.4 is 10.2 Å². The number of ether oxygens (including phenoxy) is 1. The minimum atomic E-state index is 0.107. The average molecular weight is 454 g/mol. The van der Waals surface area contributed by atoms with Crippen LogP contribution >= 0.6 is 0 Å². The largest absolute Gasteiger partial charge is 0.494 e. The number of nitrogens with one attached hydrogen (secondary N) is 1. The van der Waals surface area contributed by atoms with Crippen molar-refractivity contribution >= 4 is 17.1 Å². The van der Waals surface area contributed by atoms with Crippen molar-refractivity contribution in [3.63, 3.8) is 0 Å². The lowest BCUT2D eigenvalue weighted by Gasteiger charge is -2.18. The van der Waals surface area contributed by atoms with E-state index in [1.54, 1.807) is 0 Å². The van der Waals surface area contributed by atoms with Gasteiger partial charge in [0.05, 0.1) is 35.7 Å². The first-order chi connectivity index (χ1) is 16.7. The van der Waals surface area contributed by atoms with Gasteiger partial charge in [-0.05, 0) is 56.0 Å². The number of anilines is 1. The van der Waals surface area contributed by atoms with E-state index in [2.05, 4.69) is 86.0 Å². The van der Waals surface area contributed by atoms with Gasteiger partial charge in [0.25, 0.3) is 0 Å². The van der Waals surface area contributed by atoms with Crippen molar-refractivity contribution in [2.24, 2.45) is 10.1 Å². The zero-order valence-electron chi connectivity index (χ0n) is 20.5. The molecule has 0 fully saturated rings. The lowest BCUT2D eigenvalue weighted by atomic mass is 9.88. The van der Waals surface area contributed by atoms with E-state index in [-0.39, 0.29) is 12.0 Å². The lowest BCUT2D eigenvalue weighted by Crippen LogP contribution is -2.22. The smallest absolute Gasteiger partial charge is 0.119 e. The number of hydrogen-bond donors (Lipinski definition) is 1. The van der Waals surface area contributed by atoms with Crippen LogP contribution in [0.15, 0.2) is 89.0 Å². The molecule has 1 heterocycles. The number of aryl methyl sites for hydroxylation is 1. The Balaban J connectivity index is 1.69. The van der Waals surface area contributed by atoms with Crippen LogP contribution in [0, 0.1) is 0 Å². The molecule has 0 radical (unpaired) electrons. The second kappa shape index (κ2) is 11.6. The molecule has 1 N–H and O–H groups in total. The predicted octanol–water partition coefficient (Wildman–Crippen LogP) is 7.26. The molecule has 0 aromatic heterocycles. The first-order valence-electron chi connectivity index (χ1n) is 12.5. The molecular formula is C30H35N3O. The van der Waals surface area contributed by atoms with Crippen molar-refractivity contribution in [1.29, 1.82) is 0 Å². The third-order valence-electron chi connectivity index (χ3n) is 6.29. The van der Waals surface area contributed by atoms with Crippen molar-refractivity contribution in [2.75, 3.05) is 12.0 Å². The molecule has 0 bridgehead atoms. The summed E-state index contributed by atoms with van der Waals surface area (Å²) in [6, 6.07) is 27.3. The van der Waals surface area contributed by atoms with Crippen LogP contribution in [0.4, 0.5) is 5.69 Å². The van der Waals surface area contributed by atoms with E-state index >= 15 is 0 Å². The Labute approximate surface area is 203 Å². The summed E-state index contributed by atoms with van der Waals surface area (Å²) in [5.74, 6) is 1.02. The Bertz CT molecular complexity index is 1120. The summed E-state index contributed by atoms with van der Waals surface area (Å²) in [6.07, 6.45) is 4.56. The van der Waals surface area contributed by atoms with Crippen molar-refractivity contribution in [3.8, 4) is 5.75 Å². The molecule has 2 unspecified atom stereocenters. The summed E-state index contributed by atoms with van der Waals surface area (Å²) >= 11 is 0. The molecule has 34 heavy (non-hydrogen) atoms. The Morgan fingerprint density at radius 2 is 1.65 bits per heavy atom. The molecule has 176 valence electrons. The van der Waals surface area contributed by atoms with E-state index in [9.17, 15) is 0 Å². The van der Waals surface area contributed by atoms with E-state index in [4.69, 9.17) is 14.8 Å². The van der Waals surface area contributed by atoms with Gasteiger partial charge < -0.3 is 4.74 Å². The van der Waals surface area contributed by atoms with E-state index in [1.165, 1.54) is 24.0 Å². The Kier molecular flexibility index (Phi) is 8.13. The van der Waals surface area contributed by atoms with Crippen molar-refractivity contribution in [1.82, 2.24) is 0 Å². The molecule has 0 spiro atoms. The Hall–Kier alpha value is -3.40. The molecule has 4 nitrogen and oxygen atoms in total. The van der Waals surface area contributed by atoms with Gasteiger partial charge in [-0.1, -0.05) is 80.4 Å². The quantitative estimate of drug-likeness (QED) is 0.259. The lowest BCUT2D eigenvalue weighted by molar-refractivity contribution is 0.340. The molecule has 4 heteroatoms. The predicted molar refractivity (Wildman–Crippen MR) is 144 cm³/mol. The Morgan fingerprint density at radius 1 is 0.912 bits per heavy atom. The van der Waals surface area contributed by atoms with E-state index < -0.39 is 0 Å². The minimum Gasteiger partial charge on any atom is -0.494 e. The monoisotopic (exact) mass is 453 g/mol. The summed E-state index contributed by atoms with van der Waals surface area (Å²) in [5.41, 5.74) is 9.98. The van der Waals surface area contributed by atoms with Gasteiger partial charge >= 0.3 is 0 Å². The van der Waals surface area contributed by atoms with Crippen LogP contribution in [0.1, 0.15) is 62.6 Å². The maximum absolute atomic E-state index is 5.77. The zero-order chi connectivity index (χ0) is 23.8. The molecule has 2 atom stereocenters. The fourth-order valence-electron chi connectivity index (χ4n) is 4.59. The number of hydrazone groups is 1. The molecule has 3 aromatic rings. The standard InChI is InChI=1S/C30H35N3O/c1-4-6-9-18-25-21-26(34-5-2)19-20-27(25)32-33-30-28(23-14-10-7-11-15-23)22(3)31-29(30)24-16-12-8-13-17-24/h7-8,10-17,19-22,28,32H,4-6,9,18H2,1-3H3. The topological polar surface area (TPSA) is 46.0 Å². The molecular weight excluding hydrogens is 418 g/mol. The molecule has 1 aliphatic rings. The summed E-state index contributed by atoms with van der Waals surface area (Å²) in [5, 5.41) is 5.02. The third-order valence-corrected chi connectivity index (χ3v) is 6.29. The molecule has 4 rings (SSSR count). The number of rotatable bonds is 10. The summed E-state index contributed by atoms with van der Waals surface area (Å²) in [7, 11) is 0. The van der Waals surface area contributed by atoms with Crippen LogP contribution in [0.3, 0.4) is 0 Å². The van der Waals surface area contributed by atoms with E-state index in [0.717, 1.165) is 41.3 Å². The number of hydrogen-bond acceptors (Lipinski definition) is 4. The normalized spacial score (nSPS) is 18.7. The highest BCUT2D eigenvalue weighted by atomic mass is 16.5. The van der Waals surface area contributed by atoms with E-state index in [1.807, 2.05) is 19.1 Å². The minimum absolute atomic E-state index is 0.107. The van der Waals surface area contributed by atoms with Gasteiger partial charge in [-0.3, -0.25) is 10.4 Å². The number of benzene rings is 3.